The Labute approximate surface area is 144 Å². The van der Waals surface area contributed by atoms with Crippen LogP contribution in [0, 0.1) is 0 Å². The van der Waals surface area contributed by atoms with E-state index in [0.717, 1.165) is 33.2 Å². The summed E-state index contributed by atoms with van der Waals surface area (Å²) in [4.78, 5) is 9.36. The summed E-state index contributed by atoms with van der Waals surface area (Å²) in [6, 6.07) is 11.1. The Morgan fingerprint density at radius 2 is 1.96 bits per heavy atom. The van der Waals surface area contributed by atoms with Crippen molar-refractivity contribution < 1.29 is 0 Å². The predicted molar refractivity (Wildman–Crippen MR) is 102 cm³/mol. The van der Waals surface area contributed by atoms with Crippen LogP contribution >= 0.6 is 0 Å². The SMILES string of the molecule is CC(C)n1cc(-c2cc3c(ncc4c[nH]n(C)c43)n2)c2ccccc21. The summed E-state index contributed by atoms with van der Waals surface area (Å²) < 4.78 is 4.32. The fraction of sp³-hybridized carbons (Fsp3) is 0.200. The highest BCUT2D eigenvalue weighted by Gasteiger charge is 2.16. The van der Waals surface area contributed by atoms with Crippen molar-refractivity contribution in [2.45, 2.75) is 19.9 Å². The third-order valence-electron chi connectivity index (χ3n) is 4.92. The maximum atomic E-state index is 4.82. The van der Waals surface area contributed by atoms with Crippen LogP contribution in [0.15, 0.2) is 48.9 Å². The van der Waals surface area contributed by atoms with E-state index < -0.39 is 0 Å². The lowest BCUT2D eigenvalue weighted by Gasteiger charge is -2.08. The molecular weight excluding hydrogens is 310 g/mol. The normalized spacial score (nSPS) is 12.2. The van der Waals surface area contributed by atoms with Gasteiger partial charge in [0.2, 0.25) is 0 Å². The highest BCUT2D eigenvalue weighted by molar-refractivity contribution is 6.06. The Bertz CT molecular complexity index is 1240. The number of pyridine rings is 1. The van der Waals surface area contributed by atoms with E-state index in [1.165, 1.54) is 10.9 Å². The first-order valence-corrected chi connectivity index (χ1v) is 8.53. The van der Waals surface area contributed by atoms with Crippen LogP contribution < -0.4 is 0 Å². The molecule has 0 saturated carbocycles. The van der Waals surface area contributed by atoms with Gasteiger partial charge < -0.3 is 9.67 Å². The lowest BCUT2D eigenvalue weighted by molar-refractivity contribution is 0.623. The van der Waals surface area contributed by atoms with Crippen LogP contribution in [0.4, 0.5) is 0 Å². The molecule has 25 heavy (non-hydrogen) atoms. The monoisotopic (exact) mass is 329 g/mol. The molecule has 0 fully saturated rings. The fourth-order valence-electron chi connectivity index (χ4n) is 3.71. The van der Waals surface area contributed by atoms with Gasteiger partial charge in [0.1, 0.15) is 0 Å². The van der Waals surface area contributed by atoms with Crippen LogP contribution in [-0.4, -0.2) is 24.3 Å². The molecule has 124 valence electrons. The third-order valence-corrected chi connectivity index (χ3v) is 4.92. The van der Waals surface area contributed by atoms with Crippen molar-refractivity contribution in [1.29, 1.82) is 0 Å². The van der Waals surface area contributed by atoms with Crippen molar-refractivity contribution in [2.75, 3.05) is 0 Å². The number of aromatic amines is 1. The zero-order valence-electron chi connectivity index (χ0n) is 14.5. The van der Waals surface area contributed by atoms with Crippen molar-refractivity contribution in [3.8, 4) is 11.3 Å². The van der Waals surface area contributed by atoms with Crippen molar-refractivity contribution in [1.82, 2.24) is 24.3 Å². The Balaban J connectivity index is 1.83. The first-order valence-electron chi connectivity index (χ1n) is 8.53. The van der Waals surface area contributed by atoms with Crippen molar-refractivity contribution in [3.05, 3.63) is 48.9 Å². The molecule has 0 unspecified atom stereocenters. The molecule has 4 aromatic heterocycles. The Hall–Kier alpha value is -3.08. The summed E-state index contributed by atoms with van der Waals surface area (Å²) in [7, 11) is 2.01. The van der Waals surface area contributed by atoms with Crippen LogP contribution in [0.25, 0.3) is 44.1 Å². The molecule has 0 bridgehead atoms. The number of aryl methyl sites for hydroxylation is 1. The van der Waals surface area contributed by atoms with Crippen molar-refractivity contribution in [3.63, 3.8) is 0 Å². The Morgan fingerprint density at radius 1 is 1.12 bits per heavy atom. The smallest absolute Gasteiger partial charge is 0.162 e. The topological polar surface area (TPSA) is 51.4 Å². The van der Waals surface area contributed by atoms with E-state index in [9.17, 15) is 0 Å². The fourth-order valence-corrected chi connectivity index (χ4v) is 3.71. The molecule has 5 heteroatoms. The van der Waals surface area contributed by atoms with Gasteiger partial charge in [-0.1, -0.05) is 18.2 Å². The maximum absolute atomic E-state index is 4.82. The number of H-pyrrole nitrogens is 1. The number of fused-ring (bicyclic) bond motifs is 4. The average molecular weight is 329 g/mol. The molecule has 0 amide bonds. The number of hydrogen-bond donors (Lipinski definition) is 1. The van der Waals surface area contributed by atoms with Gasteiger partial charge in [-0.25, -0.2) is 9.97 Å². The van der Waals surface area contributed by atoms with Crippen LogP contribution in [-0.2, 0) is 7.05 Å². The van der Waals surface area contributed by atoms with Crippen LogP contribution in [0.1, 0.15) is 19.9 Å². The summed E-state index contributed by atoms with van der Waals surface area (Å²) in [6.45, 7) is 4.41. The van der Waals surface area contributed by atoms with Crippen molar-refractivity contribution >= 4 is 32.8 Å². The molecule has 0 saturated heterocycles. The van der Waals surface area contributed by atoms with E-state index in [2.05, 4.69) is 65.0 Å². The maximum Gasteiger partial charge on any atom is 0.162 e. The van der Waals surface area contributed by atoms with Gasteiger partial charge in [0, 0.05) is 58.9 Å². The van der Waals surface area contributed by atoms with Crippen LogP contribution in [0.5, 0.6) is 0 Å². The quantitative estimate of drug-likeness (QED) is 0.512. The highest BCUT2D eigenvalue weighted by atomic mass is 15.2. The van der Waals surface area contributed by atoms with Gasteiger partial charge in [-0.2, -0.15) is 0 Å². The number of hydrogen-bond acceptors (Lipinski definition) is 2. The summed E-state index contributed by atoms with van der Waals surface area (Å²) >= 11 is 0. The molecule has 5 aromatic rings. The highest BCUT2D eigenvalue weighted by Crippen LogP contribution is 2.34. The van der Waals surface area contributed by atoms with Gasteiger partial charge in [-0.3, -0.25) is 4.68 Å². The van der Waals surface area contributed by atoms with Gasteiger partial charge in [0.15, 0.2) is 5.65 Å². The van der Waals surface area contributed by atoms with Gasteiger partial charge in [-0.15, -0.1) is 0 Å². The summed E-state index contributed by atoms with van der Waals surface area (Å²) in [5.41, 5.74) is 5.31. The number of aromatic nitrogens is 5. The molecule has 0 aliphatic heterocycles. The van der Waals surface area contributed by atoms with Crippen LogP contribution in [0.2, 0.25) is 0 Å². The first-order chi connectivity index (χ1) is 12.1. The standard InChI is InChI=1S/C20H19N5/c1-12(2)25-11-16(14-6-4-5-7-18(14)25)17-8-15-19-13(10-22-24(19)3)9-21-20(15)23-17/h4-12,22H,1-3H3. The number of benzene rings is 1. The van der Waals surface area contributed by atoms with Gasteiger partial charge in [-0.05, 0) is 26.0 Å². The molecule has 0 aliphatic rings. The molecule has 1 aromatic carbocycles. The van der Waals surface area contributed by atoms with E-state index >= 15 is 0 Å². The molecular formula is C20H19N5. The lowest BCUT2D eigenvalue weighted by Crippen LogP contribution is -1.97. The Kier molecular flexibility index (Phi) is 2.83. The summed E-state index contributed by atoms with van der Waals surface area (Å²) in [5, 5.41) is 6.62. The lowest BCUT2D eigenvalue weighted by atomic mass is 10.1. The molecule has 0 aliphatic carbocycles. The average Bonchev–Trinajstić information content (AvgIpc) is 3.28. The van der Waals surface area contributed by atoms with E-state index in [-0.39, 0.29) is 0 Å². The minimum Gasteiger partial charge on any atom is -0.344 e. The van der Waals surface area contributed by atoms with E-state index in [1.54, 1.807) is 0 Å². The van der Waals surface area contributed by atoms with Gasteiger partial charge >= 0.3 is 0 Å². The predicted octanol–water partition coefficient (Wildman–Crippen LogP) is 4.65. The zero-order valence-corrected chi connectivity index (χ0v) is 14.5. The molecule has 1 N–H and O–H groups in total. The summed E-state index contributed by atoms with van der Waals surface area (Å²) in [5.74, 6) is 0. The second kappa shape index (κ2) is 4.96. The molecule has 0 radical (unpaired) electrons. The third kappa shape index (κ3) is 1.95. The van der Waals surface area contributed by atoms with Gasteiger partial charge in [0.05, 0.1) is 11.2 Å². The Morgan fingerprint density at radius 3 is 2.80 bits per heavy atom. The number of nitrogens with one attached hydrogen (secondary N) is 1. The molecule has 0 atom stereocenters. The minimum atomic E-state index is 0.398. The first kappa shape index (κ1) is 14.3. The zero-order chi connectivity index (χ0) is 17.1. The number of rotatable bonds is 2. The molecule has 5 rings (SSSR count). The molecule has 4 heterocycles. The minimum absolute atomic E-state index is 0.398. The van der Waals surface area contributed by atoms with Gasteiger partial charge in [0.25, 0.3) is 0 Å². The van der Waals surface area contributed by atoms with Crippen molar-refractivity contribution in [2.24, 2.45) is 7.05 Å². The second-order valence-electron chi connectivity index (χ2n) is 6.83. The molecule has 5 nitrogen and oxygen atoms in total. The van der Waals surface area contributed by atoms with E-state index in [4.69, 9.17) is 4.98 Å². The second-order valence-corrected chi connectivity index (χ2v) is 6.83. The summed E-state index contributed by atoms with van der Waals surface area (Å²) in [6.07, 6.45) is 6.06. The van der Waals surface area contributed by atoms with E-state index in [1.807, 2.05) is 24.1 Å². The molecule has 0 spiro atoms. The number of para-hydroxylation sites is 1. The van der Waals surface area contributed by atoms with Crippen LogP contribution in [0.3, 0.4) is 0 Å². The number of nitrogens with zero attached hydrogens (tertiary/aromatic N) is 4. The largest absolute Gasteiger partial charge is 0.344 e. The van der Waals surface area contributed by atoms with E-state index in [0.29, 0.717) is 6.04 Å².